The maximum atomic E-state index is 12.4. The van der Waals surface area contributed by atoms with Gasteiger partial charge in [-0.2, -0.15) is 0 Å². The van der Waals surface area contributed by atoms with E-state index in [9.17, 15) is 4.79 Å². The zero-order valence-electron chi connectivity index (χ0n) is 10.7. The van der Waals surface area contributed by atoms with E-state index in [1.165, 1.54) is 0 Å². The Bertz CT molecular complexity index is 403. The number of nitrogens with zero attached hydrogens (tertiary/aromatic N) is 1. The van der Waals surface area contributed by atoms with E-state index in [-0.39, 0.29) is 11.9 Å². The Labute approximate surface area is 121 Å². The van der Waals surface area contributed by atoms with Gasteiger partial charge in [-0.05, 0) is 32.0 Å². The molecule has 0 aliphatic rings. The first-order chi connectivity index (χ1) is 8.45. The van der Waals surface area contributed by atoms with E-state index in [0.29, 0.717) is 23.7 Å². The Morgan fingerprint density at radius 1 is 1.44 bits per heavy atom. The van der Waals surface area contributed by atoms with Crippen molar-refractivity contribution in [2.24, 2.45) is 0 Å². The maximum absolute atomic E-state index is 12.4. The van der Waals surface area contributed by atoms with Gasteiger partial charge in [0.2, 0.25) is 0 Å². The SMILES string of the molecule is COCCN(C(=O)c1cc(Cl)cc(Br)c1)C(C)C. The first-order valence-electron chi connectivity index (χ1n) is 5.71. The van der Waals surface area contributed by atoms with E-state index in [1.807, 2.05) is 13.8 Å². The Kier molecular flexibility index (Phi) is 6.12. The quantitative estimate of drug-likeness (QED) is 0.823. The van der Waals surface area contributed by atoms with Crippen molar-refractivity contribution in [3.05, 3.63) is 33.3 Å². The molecule has 0 atom stereocenters. The lowest BCUT2D eigenvalue weighted by molar-refractivity contribution is 0.0635. The number of halogens is 2. The van der Waals surface area contributed by atoms with Gasteiger partial charge in [0.15, 0.2) is 0 Å². The largest absolute Gasteiger partial charge is 0.383 e. The average Bonchev–Trinajstić information content (AvgIpc) is 2.27. The third-order valence-corrected chi connectivity index (χ3v) is 3.21. The molecule has 0 radical (unpaired) electrons. The summed E-state index contributed by atoms with van der Waals surface area (Å²) < 4.78 is 5.83. The zero-order valence-corrected chi connectivity index (χ0v) is 13.1. The van der Waals surface area contributed by atoms with Gasteiger partial charge in [-0.15, -0.1) is 0 Å². The highest BCUT2D eigenvalue weighted by Crippen LogP contribution is 2.21. The van der Waals surface area contributed by atoms with E-state index in [0.717, 1.165) is 4.47 Å². The van der Waals surface area contributed by atoms with Crippen molar-refractivity contribution in [3.63, 3.8) is 0 Å². The molecule has 0 saturated carbocycles. The normalized spacial score (nSPS) is 10.8. The molecular formula is C13H17BrClNO2. The number of ether oxygens (including phenoxy) is 1. The van der Waals surface area contributed by atoms with Crippen LogP contribution in [0.1, 0.15) is 24.2 Å². The zero-order chi connectivity index (χ0) is 13.7. The lowest BCUT2D eigenvalue weighted by Gasteiger charge is -2.26. The molecule has 5 heteroatoms. The van der Waals surface area contributed by atoms with Gasteiger partial charge < -0.3 is 9.64 Å². The van der Waals surface area contributed by atoms with Crippen molar-refractivity contribution in [1.29, 1.82) is 0 Å². The Hall–Kier alpha value is -0.580. The molecule has 0 spiro atoms. The van der Waals surface area contributed by atoms with Crippen LogP contribution in [-0.2, 0) is 4.74 Å². The van der Waals surface area contributed by atoms with Crippen molar-refractivity contribution in [2.75, 3.05) is 20.3 Å². The summed E-state index contributed by atoms with van der Waals surface area (Å²) in [5, 5.41) is 0.545. The van der Waals surface area contributed by atoms with Crippen LogP contribution in [0.25, 0.3) is 0 Å². The number of benzene rings is 1. The molecule has 1 amide bonds. The lowest BCUT2D eigenvalue weighted by Crippen LogP contribution is -2.39. The number of rotatable bonds is 5. The number of carbonyl (C=O) groups excluding carboxylic acids is 1. The third-order valence-electron chi connectivity index (χ3n) is 2.53. The summed E-state index contributed by atoms with van der Waals surface area (Å²) in [6.45, 7) is 5.04. The van der Waals surface area contributed by atoms with Crippen LogP contribution in [0, 0.1) is 0 Å². The van der Waals surface area contributed by atoms with Crippen LogP contribution in [-0.4, -0.2) is 37.1 Å². The Morgan fingerprint density at radius 2 is 2.11 bits per heavy atom. The number of carbonyl (C=O) groups is 1. The first-order valence-corrected chi connectivity index (χ1v) is 6.88. The van der Waals surface area contributed by atoms with E-state index >= 15 is 0 Å². The molecule has 1 rings (SSSR count). The number of methoxy groups -OCH3 is 1. The number of amides is 1. The van der Waals surface area contributed by atoms with E-state index in [1.54, 1.807) is 30.2 Å². The molecule has 0 aliphatic carbocycles. The van der Waals surface area contributed by atoms with Crippen LogP contribution in [0.5, 0.6) is 0 Å². The fourth-order valence-electron chi connectivity index (χ4n) is 1.63. The molecule has 100 valence electrons. The van der Waals surface area contributed by atoms with E-state index in [2.05, 4.69) is 15.9 Å². The molecule has 1 aromatic carbocycles. The summed E-state index contributed by atoms with van der Waals surface area (Å²) in [6.07, 6.45) is 0. The van der Waals surface area contributed by atoms with Gasteiger partial charge in [0.25, 0.3) is 5.91 Å². The Morgan fingerprint density at radius 3 is 2.61 bits per heavy atom. The molecule has 1 aromatic rings. The molecule has 0 aromatic heterocycles. The molecule has 18 heavy (non-hydrogen) atoms. The van der Waals surface area contributed by atoms with E-state index in [4.69, 9.17) is 16.3 Å². The molecule has 0 aliphatic heterocycles. The van der Waals surface area contributed by atoms with Gasteiger partial charge in [-0.3, -0.25) is 4.79 Å². The second-order valence-corrected chi connectivity index (χ2v) is 5.60. The minimum Gasteiger partial charge on any atom is -0.383 e. The average molecular weight is 335 g/mol. The summed E-state index contributed by atoms with van der Waals surface area (Å²) in [7, 11) is 1.62. The smallest absolute Gasteiger partial charge is 0.254 e. The van der Waals surface area contributed by atoms with Crippen LogP contribution in [0.15, 0.2) is 22.7 Å². The van der Waals surface area contributed by atoms with Gasteiger partial charge in [0.05, 0.1) is 6.61 Å². The first kappa shape index (κ1) is 15.5. The predicted octanol–water partition coefficient (Wildman–Crippen LogP) is 3.60. The van der Waals surface area contributed by atoms with Gasteiger partial charge in [0.1, 0.15) is 0 Å². The minimum atomic E-state index is -0.0368. The van der Waals surface area contributed by atoms with Crippen LogP contribution in [0.2, 0.25) is 5.02 Å². The fourth-order valence-corrected chi connectivity index (χ4v) is 2.49. The van der Waals surface area contributed by atoms with Gasteiger partial charge in [0, 0.05) is 34.8 Å². The van der Waals surface area contributed by atoms with Crippen LogP contribution in [0.4, 0.5) is 0 Å². The maximum Gasteiger partial charge on any atom is 0.254 e. The van der Waals surface area contributed by atoms with Crippen LogP contribution in [0.3, 0.4) is 0 Å². The summed E-state index contributed by atoms with van der Waals surface area (Å²) in [5.74, 6) is -0.0368. The summed E-state index contributed by atoms with van der Waals surface area (Å²) >= 11 is 9.30. The second kappa shape index (κ2) is 7.12. The van der Waals surface area contributed by atoms with Crippen molar-refractivity contribution in [2.45, 2.75) is 19.9 Å². The molecule has 0 fully saturated rings. The standard InChI is InChI=1S/C13H17BrClNO2/c1-9(2)16(4-5-18-3)13(17)10-6-11(14)8-12(15)7-10/h6-9H,4-5H2,1-3H3. The second-order valence-electron chi connectivity index (χ2n) is 4.24. The fraction of sp³-hybridized carbons (Fsp3) is 0.462. The molecule has 0 bridgehead atoms. The third kappa shape index (κ3) is 4.26. The highest BCUT2D eigenvalue weighted by Gasteiger charge is 2.19. The van der Waals surface area contributed by atoms with Crippen LogP contribution < -0.4 is 0 Å². The molecule has 0 heterocycles. The monoisotopic (exact) mass is 333 g/mol. The van der Waals surface area contributed by atoms with Crippen LogP contribution >= 0.6 is 27.5 Å². The van der Waals surface area contributed by atoms with Crippen molar-refractivity contribution in [1.82, 2.24) is 4.90 Å². The highest BCUT2D eigenvalue weighted by atomic mass is 79.9. The van der Waals surface area contributed by atoms with Crippen molar-refractivity contribution >= 4 is 33.4 Å². The summed E-state index contributed by atoms with van der Waals surface area (Å²) in [6, 6.07) is 5.32. The van der Waals surface area contributed by atoms with Gasteiger partial charge in [-0.1, -0.05) is 27.5 Å². The predicted molar refractivity (Wildman–Crippen MR) is 77.2 cm³/mol. The van der Waals surface area contributed by atoms with E-state index < -0.39 is 0 Å². The summed E-state index contributed by atoms with van der Waals surface area (Å²) in [5.41, 5.74) is 0.583. The molecular weight excluding hydrogens is 318 g/mol. The topological polar surface area (TPSA) is 29.5 Å². The highest BCUT2D eigenvalue weighted by molar-refractivity contribution is 9.10. The number of hydrogen-bond acceptors (Lipinski definition) is 2. The molecule has 3 nitrogen and oxygen atoms in total. The Balaban J connectivity index is 2.94. The van der Waals surface area contributed by atoms with Crippen molar-refractivity contribution in [3.8, 4) is 0 Å². The lowest BCUT2D eigenvalue weighted by atomic mass is 10.1. The van der Waals surface area contributed by atoms with Crippen molar-refractivity contribution < 1.29 is 9.53 Å². The molecule has 0 N–H and O–H groups in total. The molecule has 0 saturated heterocycles. The number of hydrogen-bond donors (Lipinski definition) is 0. The molecule has 0 unspecified atom stereocenters. The van der Waals surface area contributed by atoms with Gasteiger partial charge >= 0.3 is 0 Å². The summed E-state index contributed by atoms with van der Waals surface area (Å²) in [4.78, 5) is 14.2. The van der Waals surface area contributed by atoms with Gasteiger partial charge in [-0.25, -0.2) is 0 Å². The minimum absolute atomic E-state index is 0.0368.